The molecule has 2 amide bonds. The lowest BCUT2D eigenvalue weighted by Gasteiger charge is -2.17. The molecule has 1 atom stereocenters. The van der Waals surface area contributed by atoms with Crippen LogP contribution in [0, 0.1) is 0 Å². The second-order valence-electron chi connectivity index (χ2n) is 5.34. The molecule has 1 unspecified atom stereocenters. The standard InChI is InChI=1S/C14H21N3O3S/c1-4-10(2)15-14(18)16-12-5-6-13-11(9-12)7-8-17(13)21(3,19)20/h5-6,9-10H,4,7-8H2,1-3H3,(H2,15,16,18). The molecule has 1 aliphatic rings. The van der Waals surface area contributed by atoms with E-state index >= 15 is 0 Å². The lowest BCUT2D eigenvalue weighted by atomic mass is 10.1. The average Bonchev–Trinajstić information content (AvgIpc) is 2.81. The topological polar surface area (TPSA) is 78.5 Å². The molecule has 0 aliphatic carbocycles. The third-order valence-electron chi connectivity index (χ3n) is 3.58. The van der Waals surface area contributed by atoms with Crippen LogP contribution in [0.15, 0.2) is 18.2 Å². The van der Waals surface area contributed by atoms with Gasteiger partial charge in [-0.05, 0) is 43.5 Å². The SMILES string of the molecule is CCC(C)NC(=O)Nc1ccc2c(c1)CCN2S(C)(=O)=O. The Morgan fingerprint density at radius 3 is 2.76 bits per heavy atom. The number of nitrogens with zero attached hydrogens (tertiary/aromatic N) is 1. The summed E-state index contributed by atoms with van der Waals surface area (Å²) in [6.45, 7) is 4.39. The van der Waals surface area contributed by atoms with Crippen LogP contribution in [0.2, 0.25) is 0 Å². The summed E-state index contributed by atoms with van der Waals surface area (Å²) in [4.78, 5) is 11.8. The number of hydrogen-bond acceptors (Lipinski definition) is 3. The van der Waals surface area contributed by atoms with Crippen LogP contribution in [0.4, 0.5) is 16.2 Å². The van der Waals surface area contributed by atoms with Crippen LogP contribution >= 0.6 is 0 Å². The van der Waals surface area contributed by atoms with E-state index < -0.39 is 10.0 Å². The molecular weight excluding hydrogens is 290 g/mol. The van der Waals surface area contributed by atoms with Crippen molar-refractivity contribution in [2.75, 3.05) is 22.4 Å². The predicted molar refractivity (Wildman–Crippen MR) is 84.2 cm³/mol. The number of fused-ring (bicyclic) bond motifs is 1. The van der Waals surface area contributed by atoms with Gasteiger partial charge in [-0.2, -0.15) is 0 Å². The Balaban J connectivity index is 2.11. The van der Waals surface area contributed by atoms with Crippen LogP contribution in [0.3, 0.4) is 0 Å². The first-order valence-corrected chi connectivity index (χ1v) is 8.84. The van der Waals surface area contributed by atoms with Crippen LogP contribution in [0.1, 0.15) is 25.8 Å². The summed E-state index contributed by atoms with van der Waals surface area (Å²) in [5.74, 6) is 0. The van der Waals surface area contributed by atoms with Crippen molar-refractivity contribution in [1.82, 2.24) is 5.32 Å². The fraction of sp³-hybridized carbons (Fsp3) is 0.500. The minimum atomic E-state index is -3.24. The van der Waals surface area contributed by atoms with Gasteiger partial charge in [-0.1, -0.05) is 6.92 Å². The summed E-state index contributed by atoms with van der Waals surface area (Å²) < 4.78 is 24.7. The maximum Gasteiger partial charge on any atom is 0.319 e. The number of urea groups is 1. The van der Waals surface area contributed by atoms with E-state index in [1.54, 1.807) is 12.1 Å². The number of benzene rings is 1. The van der Waals surface area contributed by atoms with Crippen LogP contribution in [0.5, 0.6) is 0 Å². The number of nitrogens with one attached hydrogen (secondary N) is 2. The third kappa shape index (κ3) is 3.66. The van der Waals surface area contributed by atoms with E-state index in [1.807, 2.05) is 19.9 Å². The normalized spacial score (nSPS) is 15.5. The predicted octanol–water partition coefficient (Wildman–Crippen LogP) is 1.93. The second-order valence-corrected chi connectivity index (χ2v) is 7.24. The van der Waals surface area contributed by atoms with E-state index in [-0.39, 0.29) is 12.1 Å². The molecule has 116 valence electrons. The van der Waals surface area contributed by atoms with Crippen molar-refractivity contribution in [1.29, 1.82) is 0 Å². The number of carbonyl (C=O) groups is 1. The lowest BCUT2D eigenvalue weighted by Crippen LogP contribution is -2.35. The van der Waals surface area contributed by atoms with Gasteiger partial charge in [-0.15, -0.1) is 0 Å². The highest BCUT2D eigenvalue weighted by molar-refractivity contribution is 7.92. The Bertz CT molecular complexity index is 643. The number of carbonyl (C=O) groups excluding carboxylic acids is 1. The Morgan fingerprint density at radius 2 is 2.14 bits per heavy atom. The maximum absolute atomic E-state index is 11.8. The summed E-state index contributed by atoms with van der Waals surface area (Å²) in [7, 11) is -3.24. The molecule has 0 spiro atoms. The maximum atomic E-state index is 11.8. The molecule has 0 saturated carbocycles. The largest absolute Gasteiger partial charge is 0.335 e. The zero-order valence-electron chi connectivity index (χ0n) is 12.5. The molecule has 1 aliphatic heterocycles. The minimum Gasteiger partial charge on any atom is -0.335 e. The first-order valence-electron chi connectivity index (χ1n) is 6.99. The van der Waals surface area contributed by atoms with E-state index in [2.05, 4.69) is 10.6 Å². The van der Waals surface area contributed by atoms with Gasteiger partial charge in [0, 0.05) is 18.3 Å². The zero-order valence-corrected chi connectivity index (χ0v) is 13.3. The van der Waals surface area contributed by atoms with E-state index in [4.69, 9.17) is 0 Å². The molecule has 7 heteroatoms. The molecule has 21 heavy (non-hydrogen) atoms. The fourth-order valence-electron chi connectivity index (χ4n) is 2.29. The molecule has 1 aromatic carbocycles. The molecular formula is C14H21N3O3S. The Labute approximate surface area is 125 Å². The molecule has 0 bridgehead atoms. The first-order chi connectivity index (χ1) is 9.81. The Morgan fingerprint density at radius 1 is 1.43 bits per heavy atom. The molecule has 0 saturated heterocycles. The summed E-state index contributed by atoms with van der Waals surface area (Å²) in [5, 5.41) is 5.59. The highest BCUT2D eigenvalue weighted by Gasteiger charge is 2.26. The average molecular weight is 311 g/mol. The van der Waals surface area contributed by atoms with Gasteiger partial charge in [-0.25, -0.2) is 13.2 Å². The van der Waals surface area contributed by atoms with E-state index in [1.165, 1.54) is 10.6 Å². The van der Waals surface area contributed by atoms with E-state index in [0.717, 1.165) is 12.0 Å². The molecule has 2 rings (SSSR count). The van der Waals surface area contributed by atoms with Gasteiger partial charge in [0.1, 0.15) is 0 Å². The van der Waals surface area contributed by atoms with Gasteiger partial charge in [0.05, 0.1) is 11.9 Å². The van der Waals surface area contributed by atoms with Crippen LogP contribution in [0.25, 0.3) is 0 Å². The van der Waals surface area contributed by atoms with Gasteiger partial charge in [0.15, 0.2) is 0 Å². The lowest BCUT2D eigenvalue weighted by molar-refractivity contribution is 0.249. The quantitative estimate of drug-likeness (QED) is 0.892. The molecule has 0 radical (unpaired) electrons. The monoisotopic (exact) mass is 311 g/mol. The number of hydrogen-bond donors (Lipinski definition) is 2. The molecule has 6 nitrogen and oxygen atoms in total. The second kappa shape index (κ2) is 5.93. The fourth-order valence-corrected chi connectivity index (χ4v) is 3.25. The van der Waals surface area contributed by atoms with Crippen molar-refractivity contribution >= 4 is 27.4 Å². The van der Waals surface area contributed by atoms with Crippen LogP contribution in [-0.4, -0.2) is 33.3 Å². The van der Waals surface area contributed by atoms with E-state index in [9.17, 15) is 13.2 Å². The van der Waals surface area contributed by atoms with Crippen molar-refractivity contribution in [3.8, 4) is 0 Å². The van der Waals surface area contributed by atoms with Crippen molar-refractivity contribution in [3.63, 3.8) is 0 Å². The van der Waals surface area contributed by atoms with E-state index in [0.29, 0.717) is 24.3 Å². The number of sulfonamides is 1. The van der Waals surface area contributed by atoms with Crippen molar-refractivity contribution in [2.45, 2.75) is 32.7 Å². The highest BCUT2D eigenvalue weighted by atomic mass is 32.2. The summed E-state index contributed by atoms with van der Waals surface area (Å²) in [6.07, 6.45) is 2.72. The first kappa shape index (κ1) is 15.6. The summed E-state index contributed by atoms with van der Waals surface area (Å²) in [6, 6.07) is 5.15. The molecule has 2 N–H and O–H groups in total. The van der Waals surface area contributed by atoms with Gasteiger partial charge in [0.2, 0.25) is 10.0 Å². The summed E-state index contributed by atoms with van der Waals surface area (Å²) >= 11 is 0. The Kier molecular flexibility index (Phi) is 4.41. The molecule has 0 fully saturated rings. The van der Waals surface area contributed by atoms with Gasteiger partial charge >= 0.3 is 6.03 Å². The van der Waals surface area contributed by atoms with Gasteiger partial charge in [-0.3, -0.25) is 4.31 Å². The number of anilines is 2. The number of rotatable bonds is 4. The minimum absolute atomic E-state index is 0.111. The molecule has 0 aromatic heterocycles. The van der Waals surface area contributed by atoms with Gasteiger partial charge in [0.25, 0.3) is 0 Å². The smallest absolute Gasteiger partial charge is 0.319 e. The van der Waals surface area contributed by atoms with Crippen molar-refractivity contribution in [3.05, 3.63) is 23.8 Å². The van der Waals surface area contributed by atoms with Crippen LogP contribution < -0.4 is 14.9 Å². The Hall–Kier alpha value is -1.76. The van der Waals surface area contributed by atoms with Crippen molar-refractivity contribution in [2.24, 2.45) is 0 Å². The van der Waals surface area contributed by atoms with Gasteiger partial charge < -0.3 is 10.6 Å². The number of amides is 2. The third-order valence-corrected chi connectivity index (χ3v) is 4.76. The molecule has 1 heterocycles. The highest BCUT2D eigenvalue weighted by Crippen LogP contribution is 2.32. The van der Waals surface area contributed by atoms with Crippen LogP contribution in [-0.2, 0) is 16.4 Å². The molecule has 1 aromatic rings. The van der Waals surface area contributed by atoms with Crippen molar-refractivity contribution < 1.29 is 13.2 Å². The summed E-state index contributed by atoms with van der Waals surface area (Å²) in [5.41, 5.74) is 2.30. The zero-order chi connectivity index (χ0) is 15.6.